The van der Waals surface area contributed by atoms with Crippen LogP contribution >= 0.6 is 0 Å². The van der Waals surface area contributed by atoms with Crippen LogP contribution in [0.2, 0.25) is 0 Å². The topological polar surface area (TPSA) is 307 Å². The van der Waals surface area contributed by atoms with Crippen molar-refractivity contribution in [2.24, 2.45) is 0 Å². The van der Waals surface area contributed by atoms with Crippen molar-refractivity contribution in [1.29, 1.82) is 0 Å². The highest BCUT2D eigenvalue weighted by molar-refractivity contribution is 5.76. The summed E-state index contributed by atoms with van der Waals surface area (Å²) >= 11 is 0. The summed E-state index contributed by atoms with van der Waals surface area (Å²) in [5.74, 6) is -0.325. The van der Waals surface area contributed by atoms with E-state index >= 15 is 0 Å². The van der Waals surface area contributed by atoms with Crippen molar-refractivity contribution >= 4 is 5.91 Å². The van der Waals surface area contributed by atoms with Crippen molar-refractivity contribution in [3.63, 3.8) is 0 Å². The van der Waals surface area contributed by atoms with E-state index in [0.717, 1.165) is 96.3 Å². The summed E-state index contributed by atoms with van der Waals surface area (Å²) in [4.78, 5) is 13.3. The fraction of sp³-hybridized carbons (Fsp3) is 0.671. The molecule has 0 aromatic carbocycles. The maximum absolute atomic E-state index is 13.3. The van der Waals surface area contributed by atoms with E-state index in [2.05, 4.69) is 141 Å². The van der Waals surface area contributed by atoms with E-state index < -0.39 is 131 Å². The number of aliphatic hydroxyl groups excluding tert-OH is 11. The van der Waals surface area contributed by atoms with Gasteiger partial charge in [-0.05, 0) is 103 Å². The van der Waals surface area contributed by atoms with Crippen molar-refractivity contribution in [1.82, 2.24) is 5.32 Å². The number of rotatable bonds is 47. The number of ether oxygens (including phenoxy) is 6. The standard InChI is InChI=1S/C70H113NO18/c1-3-5-7-9-11-13-15-17-18-19-20-21-22-23-24-25-26-27-28-29-30-31-32-33-34-36-38-40-42-44-46-48-58(76)71-53(54(75)47-45-43-41-39-37-35-16-14-12-10-8-6-4-2)52-84-68-64(82)61(79)66(56(50-73)86-68)89-70-65(83)62(80)67(57(51-74)87-70)88-69-63(81)60(78)59(77)55(49-72)85-69/h5,7,11,13,17-18,20-21,23-24,26-27,29-30,32-33,36-39,45,47,53-57,59-70,72-75,77-83H,3-4,6,8-10,12,14-16,19,22,25,28,31,34-35,40-44,46,48-52H2,1-2H3,(H,71,76)/b7-5-,13-11-,18-17-,21-20-,24-23-,27-26-,30-29-,33-32-,38-36-,39-37+,47-45+. The molecule has 19 heteroatoms. The summed E-state index contributed by atoms with van der Waals surface area (Å²) in [7, 11) is 0. The maximum Gasteiger partial charge on any atom is 0.220 e. The van der Waals surface area contributed by atoms with Crippen LogP contribution in [-0.4, -0.2) is 193 Å². The third kappa shape index (κ3) is 32.9. The summed E-state index contributed by atoms with van der Waals surface area (Å²) in [6.45, 7) is 1.52. The smallest absolute Gasteiger partial charge is 0.220 e. The molecule has 0 aromatic heterocycles. The Morgan fingerprint density at radius 3 is 1.26 bits per heavy atom. The molecule has 17 unspecified atom stereocenters. The summed E-state index contributed by atoms with van der Waals surface area (Å²) in [6, 6.07) is -1.02. The second-order valence-electron chi connectivity index (χ2n) is 22.8. The Balaban J connectivity index is 1.44. The molecule has 19 nitrogen and oxygen atoms in total. The first-order chi connectivity index (χ1) is 43.3. The van der Waals surface area contributed by atoms with E-state index in [4.69, 9.17) is 28.4 Å². The van der Waals surface area contributed by atoms with Crippen LogP contribution in [0.3, 0.4) is 0 Å². The Bertz CT molecular complexity index is 2130. The van der Waals surface area contributed by atoms with Gasteiger partial charge < -0.3 is 89.9 Å². The van der Waals surface area contributed by atoms with E-state index in [9.17, 15) is 61.0 Å². The van der Waals surface area contributed by atoms with E-state index in [0.29, 0.717) is 12.8 Å². The van der Waals surface area contributed by atoms with Gasteiger partial charge in [0.15, 0.2) is 18.9 Å². The van der Waals surface area contributed by atoms with Crippen LogP contribution in [0.15, 0.2) is 134 Å². The second kappa shape index (κ2) is 50.5. The van der Waals surface area contributed by atoms with Gasteiger partial charge in [-0.25, -0.2) is 0 Å². The largest absolute Gasteiger partial charge is 0.394 e. The first-order valence-electron chi connectivity index (χ1n) is 32.9. The third-order valence-corrected chi connectivity index (χ3v) is 15.4. The lowest BCUT2D eigenvalue weighted by molar-refractivity contribution is -0.379. The molecule has 0 aliphatic carbocycles. The monoisotopic (exact) mass is 1260 g/mol. The average Bonchev–Trinajstić information content (AvgIpc) is 1.92. The molecule has 3 heterocycles. The second-order valence-corrected chi connectivity index (χ2v) is 22.8. The Morgan fingerprint density at radius 1 is 0.416 bits per heavy atom. The molecule has 89 heavy (non-hydrogen) atoms. The fourth-order valence-corrected chi connectivity index (χ4v) is 10.1. The molecule has 3 aliphatic heterocycles. The number of carbonyl (C=O) groups is 1. The number of nitrogens with one attached hydrogen (secondary N) is 1. The van der Waals surface area contributed by atoms with Crippen molar-refractivity contribution in [2.75, 3.05) is 26.4 Å². The van der Waals surface area contributed by atoms with Gasteiger partial charge in [0.05, 0.1) is 38.6 Å². The lowest BCUT2D eigenvalue weighted by Crippen LogP contribution is -2.66. The highest BCUT2D eigenvalue weighted by Crippen LogP contribution is 2.33. The van der Waals surface area contributed by atoms with Gasteiger partial charge in [-0.15, -0.1) is 0 Å². The molecule has 0 saturated carbocycles. The lowest BCUT2D eigenvalue weighted by atomic mass is 9.96. The molecule has 0 bridgehead atoms. The Morgan fingerprint density at radius 2 is 0.787 bits per heavy atom. The molecule has 0 radical (unpaired) electrons. The van der Waals surface area contributed by atoms with E-state index in [-0.39, 0.29) is 12.3 Å². The minimum atomic E-state index is -1.99. The summed E-state index contributed by atoms with van der Waals surface area (Å²) in [6.07, 6.45) is 42.9. The van der Waals surface area contributed by atoms with E-state index in [1.54, 1.807) is 6.08 Å². The van der Waals surface area contributed by atoms with Crippen molar-refractivity contribution in [2.45, 2.75) is 272 Å². The zero-order chi connectivity index (χ0) is 64.7. The van der Waals surface area contributed by atoms with Crippen LogP contribution in [0.25, 0.3) is 0 Å². The first-order valence-corrected chi connectivity index (χ1v) is 32.9. The van der Waals surface area contributed by atoms with Crippen LogP contribution in [0.4, 0.5) is 0 Å². The van der Waals surface area contributed by atoms with Crippen LogP contribution in [-0.2, 0) is 33.2 Å². The van der Waals surface area contributed by atoms with Gasteiger partial charge in [-0.1, -0.05) is 192 Å². The minimum absolute atomic E-state index is 0.185. The lowest BCUT2D eigenvalue weighted by Gasteiger charge is -2.48. The van der Waals surface area contributed by atoms with Crippen molar-refractivity contribution in [3.8, 4) is 0 Å². The van der Waals surface area contributed by atoms with Gasteiger partial charge in [0.25, 0.3) is 0 Å². The van der Waals surface area contributed by atoms with Gasteiger partial charge >= 0.3 is 0 Å². The van der Waals surface area contributed by atoms with Crippen LogP contribution in [0.1, 0.15) is 168 Å². The Kier molecular flexibility index (Phi) is 44.9. The Labute approximate surface area is 530 Å². The number of carbonyl (C=O) groups excluding carboxylic acids is 1. The fourth-order valence-electron chi connectivity index (χ4n) is 10.1. The molecular weight excluding hydrogens is 1140 g/mol. The molecule has 3 saturated heterocycles. The normalized spacial score (nSPS) is 29.1. The van der Waals surface area contributed by atoms with Gasteiger partial charge in [-0.3, -0.25) is 4.79 Å². The van der Waals surface area contributed by atoms with Crippen molar-refractivity contribution in [3.05, 3.63) is 134 Å². The number of unbranched alkanes of at least 4 members (excludes halogenated alkanes) is 11. The molecule has 506 valence electrons. The quantitative estimate of drug-likeness (QED) is 0.0204. The molecule has 1 amide bonds. The summed E-state index contributed by atoms with van der Waals surface area (Å²) in [5, 5.41) is 120. The van der Waals surface area contributed by atoms with E-state index in [1.165, 1.54) is 38.5 Å². The summed E-state index contributed by atoms with van der Waals surface area (Å²) < 4.78 is 34.2. The van der Waals surface area contributed by atoms with E-state index in [1.807, 2.05) is 6.08 Å². The average molecular weight is 1260 g/mol. The number of amides is 1. The van der Waals surface area contributed by atoms with Crippen molar-refractivity contribution < 1.29 is 89.4 Å². The minimum Gasteiger partial charge on any atom is -0.394 e. The number of hydrogen-bond acceptors (Lipinski definition) is 18. The molecule has 3 rings (SSSR count). The van der Waals surface area contributed by atoms with Gasteiger partial charge in [-0.2, -0.15) is 0 Å². The van der Waals surface area contributed by atoms with Gasteiger partial charge in [0.1, 0.15) is 73.2 Å². The third-order valence-electron chi connectivity index (χ3n) is 15.4. The molecule has 17 atom stereocenters. The number of aliphatic hydroxyl groups is 11. The molecule has 3 fully saturated rings. The Hall–Kier alpha value is -4.07. The predicted octanol–water partition coefficient (Wildman–Crippen LogP) is 7.82. The molecule has 0 spiro atoms. The maximum atomic E-state index is 13.3. The molecule has 12 N–H and O–H groups in total. The van der Waals surface area contributed by atoms with Crippen LogP contribution in [0, 0.1) is 0 Å². The first kappa shape index (κ1) is 79.2. The highest BCUT2D eigenvalue weighted by Gasteiger charge is 2.53. The number of allylic oxidation sites excluding steroid dienone is 21. The molecule has 0 aromatic rings. The number of hydrogen-bond donors (Lipinski definition) is 12. The SMILES string of the molecule is CC/C=C\C/C=C\C/C=C\C/C=C\C/C=C\C/C=C\C/C=C\C/C=C\C/C=C\CCCCCC(=O)NC(COC1OC(CO)C(OC2OC(CO)C(OC3OC(CO)C(O)C(O)C3O)C(O)C2O)C(O)C1O)C(O)/C=C/CC/C=C/CCCCCCCCC. The molecule has 3 aliphatic rings. The van der Waals surface area contributed by atoms with Gasteiger partial charge in [0.2, 0.25) is 5.91 Å². The van der Waals surface area contributed by atoms with Crippen LogP contribution in [0.5, 0.6) is 0 Å². The van der Waals surface area contributed by atoms with Gasteiger partial charge in [0, 0.05) is 6.42 Å². The predicted molar refractivity (Wildman–Crippen MR) is 346 cm³/mol. The highest BCUT2D eigenvalue weighted by atomic mass is 16.8. The zero-order valence-electron chi connectivity index (χ0n) is 53.1. The van der Waals surface area contributed by atoms with Crippen LogP contribution < -0.4 is 5.32 Å². The summed E-state index contributed by atoms with van der Waals surface area (Å²) in [5.41, 5.74) is 0. The zero-order valence-corrected chi connectivity index (χ0v) is 53.1. The molecular formula is C70H113NO18.